The lowest BCUT2D eigenvalue weighted by Crippen LogP contribution is -2.66. The van der Waals surface area contributed by atoms with Gasteiger partial charge in [-0.1, -0.05) is 0 Å². The van der Waals surface area contributed by atoms with E-state index in [0.29, 0.717) is 24.0 Å². The van der Waals surface area contributed by atoms with E-state index in [1.165, 1.54) is 6.92 Å². The van der Waals surface area contributed by atoms with Crippen LogP contribution in [0.5, 0.6) is 0 Å². The number of H-pyrrole nitrogens is 1. The van der Waals surface area contributed by atoms with E-state index in [4.69, 9.17) is 18.7 Å². The highest BCUT2D eigenvalue weighted by atomic mass is 31.3. The van der Waals surface area contributed by atoms with Gasteiger partial charge in [0.25, 0.3) is 21.2 Å². The van der Waals surface area contributed by atoms with E-state index in [1.54, 1.807) is 0 Å². The Morgan fingerprint density at radius 3 is 1.96 bits per heavy atom. The van der Waals surface area contributed by atoms with E-state index < -0.39 is 192 Å². The first-order valence-corrected chi connectivity index (χ1v) is 26.3. The number of aliphatic hydroxyl groups is 4. The first-order valence-electron chi connectivity index (χ1n) is 23.4. The van der Waals surface area contributed by atoms with Crippen LogP contribution in [-0.4, -0.2) is 182 Å². The van der Waals surface area contributed by atoms with Gasteiger partial charge >= 0.3 is 5.69 Å². The molecule has 2 unspecified atom stereocenters. The largest absolute Gasteiger partial charge is 0.756 e. The summed E-state index contributed by atoms with van der Waals surface area (Å²) in [6.07, 6.45) is -16.9. The fourth-order valence-corrected chi connectivity index (χ4v) is 9.33. The number of hydrogen-bond acceptors (Lipinski definition) is 26. The molecule has 0 aromatic carbocycles. The van der Waals surface area contributed by atoms with Gasteiger partial charge in [0.1, 0.15) is 66.9 Å². The van der Waals surface area contributed by atoms with Crippen molar-refractivity contribution in [3.8, 4) is 0 Å². The van der Waals surface area contributed by atoms with Crippen LogP contribution in [0.15, 0.2) is 21.9 Å². The molecule has 2 fully saturated rings. The first kappa shape index (κ1) is 65.7. The number of phosphoric acid groups is 2. The molecule has 3 heterocycles. The van der Waals surface area contributed by atoms with E-state index in [1.807, 2.05) is 4.98 Å². The van der Waals surface area contributed by atoms with Gasteiger partial charge in [-0.3, -0.25) is 56.8 Å². The quantitative estimate of drug-likeness (QED) is 0.0251. The third kappa shape index (κ3) is 20.0. The molecule has 1 aromatic heterocycles. The maximum absolute atomic E-state index is 13.3. The van der Waals surface area contributed by atoms with Crippen LogP contribution in [0.2, 0.25) is 0 Å². The van der Waals surface area contributed by atoms with Crippen molar-refractivity contribution in [3.05, 3.63) is 33.1 Å². The molecule has 0 aliphatic carbocycles. The molecule has 0 bridgehead atoms. The van der Waals surface area contributed by atoms with Gasteiger partial charge in [0, 0.05) is 25.6 Å². The minimum atomic E-state index is -6.26. The molecule has 77 heavy (non-hydrogen) atoms. The lowest BCUT2D eigenvalue weighted by molar-refractivity contribution is -0.368. The average Bonchev–Trinajstić information content (AvgIpc) is 3.61. The summed E-state index contributed by atoms with van der Waals surface area (Å²) in [5, 5.41) is 78.2. The van der Waals surface area contributed by atoms with Crippen molar-refractivity contribution in [3.63, 3.8) is 0 Å². The highest BCUT2D eigenvalue weighted by Gasteiger charge is 2.50. The predicted octanol–water partition coefficient (Wildman–Crippen LogP) is -11.3. The number of carbonyl (C=O) groups is 8. The molecule has 0 spiro atoms. The number of carboxylic acid groups (broad SMARTS) is 2. The standard InChI is InChI=1S/C40H65N9O26P2/c1-16(32(57)44-18(3)37(61)62)43-35(60)21(8-6-7-12-41)46-25(52)10-9-22(38(63)64)47-33(58)17(2)42-34(59)19(4)71-31-27(45-20(5)51)39(73-23(14-50)29(31)55)74-77(68,69)75-76(66,67)70-15-24-28(54)30(56)36(72-24)49-13-11-26(53)48-40(49)65/h11,13,16-19,21-24,27-31,36,39,50,54-56H,6-10,12,14-15,41H2,1-5H3,(H,42,59)(H,43,60)(H,44,57)(H,45,51)(H,46,52)(H,47,58)(H,61,62)(H,63,64)(H,66,67)(H,68,69)(H,48,53,65)/p-3/t16-,17+,18-,19-,21+,22-,23-,24-,27-,28-,29-,30-,31-,36-,39-/m1/s1. The first-order chi connectivity index (χ1) is 35.8. The van der Waals surface area contributed by atoms with E-state index in [9.17, 15) is 97.5 Å². The lowest BCUT2D eigenvalue weighted by atomic mass is 9.96. The molecule has 0 saturated carbocycles. The van der Waals surface area contributed by atoms with Crippen LogP contribution in [0.4, 0.5) is 0 Å². The van der Waals surface area contributed by atoms with Crippen LogP contribution in [0.1, 0.15) is 73.0 Å². The van der Waals surface area contributed by atoms with Gasteiger partial charge in [-0.15, -0.1) is 0 Å². The molecule has 2 saturated heterocycles. The fourth-order valence-electron chi connectivity index (χ4n) is 7.24. The van der Waals surface area contributed by atoms with Crippen LogP contribution >= 0.6 is 15.6 Å². The zero-order valence-corrected chi connectivity index (χ0v) is 43.6. The molecular weight excluding hydrogens is 1080 g/mol. The molecule has 17 atom stereocenters. The second kappa shape index (κ2) is 29.4. The van der Waals surface area contributed by atoms with Crippen molar-refractivity contribution in [1.29, 1.82) is 0 Å². The van der Waals surface area contributed by atoms with Crippen LogP contribution in [-0.2, 0) is 75.1 Å². The zero-order chi connectivity index (χ0) is 58.3. The number of aliphatic hydroxyl groups excluding tert-OH is 4. The second-order valence-corrected chi connectivity index (χ2v) is 20.4. The number of carbonyl (C=O) groups excluding carboxylic acids is 8. The molecular formula is C40H62N9O26P2-3. The summed E-state index contributed by atoms with van der Waals surface area (Å²) in [5.41, 5.74) is 1.78. The van der Waals surface area contributed by atoms with Gasteiger partial charge in [0.05, 0.1) is 43.8 Å². The molecule has 436 valence electrons. The molecule has 1 aromatic rings. The van der Waals surface area contributed by atoms with Gasteiger partial charge in [-0.05, 0) is 53.4 Å². The number of aliphatic carboxylic acids is 2. The van der Waals surface area contributed by atoms with Gasteiger partial charge in [0.2, 0.25) is 35.4 Å². The van der Waals surface area contributed by atoms with Crippen molar-refractivity contribution in [1.82, 2.24) is 41.5 Å². The molecule has 37 heteroatoms. The number of hydrogen-bond donors (Lipinski definition) is 12. The second-order valence-electron chi connectivity index (χ2n) is 17.5. The van der Waals surface area contributed by atoms with Gasteiger partial charge in [-0.25, -0.2) is 9.11 Å². The van der Waals surface area contributed by atoms with E-state index in [0.717, 1.165) is 40.0 Å². The van der Waals surface area contributed by atoms with Crippen LogP contribution in [0, 0.1) is 0 Å². The number of aromatic amines is 1. The molecule has 6 amide bonds. The normalized spacial score (nSPS) is 26.2. The monoisotopic (exact) mass is 1150 g/mol. The molecule has 0 radical (unpaired) electrons. The highest BCUT2D eigenvalue weighted by Crippen LogP contribution is 2.57. The number of ether oxygens (including phenoxy) is 3. The van der Waals surface area contributed by atoms with E-state index in [2.05, 4.69) is 46.5 Å². The number of amides is 6. The molecule has 2 aliphatic heterocycles. The summed E-state index contributed by atoms with van der Waals surface area (Å²) in [5.74, 6) is -9.38. The third-order valence-corrected chi connectivity index (χ3v) is 13.9. The Bertz CT molecular complexity index is 2480. The zero-order valence-electron chi connectivity index (χ0n) is 41.8. The number of nitrogens with zero attached hydrogens (tertiary/aromatic N) is 1. The van der Waals surface area contributed by atoms with Gasteiger partial charge in [-0.2, -0.15) is 0 Å². The Morgan fingerprint density at radius 1 is 0.779 bits per heavy atom. The average molecular weight is 1150 g/mol. The van der Waals surface area contributed by atoms with Gasteiger partial charge in [0.15, 0.2) is 12.5 Å². The summed E-state index contributed by atoms with van der Waals surface area (Å²) in [6, 6.07) is -8.52. The molecule has 3 rings (SSSR count). The topological polar surface area (TPSA) is 554 Å². The Balaban J connectivity index is 1.65. The Labute approximate surface area is 436 Å². The fraction of sp³-hybridized carbons (Fsp3) is 0.700. The summed E-state index contributed by atoms with van der Waals surface area (Å²) in [6.45, 7) is 3.46. The summed E-state index contributed by atoms with van der Waals surface area (Å²) in [4.78, 5) is 151. The van der Waals surface area contributed by atoms with Crippen molar-refractivity contribution in [2.24, 2.45) is 0 Å². The Kier molecular flexibility index (Phi) is 25.1. The van der Waals surface area contributed by atoms with Crippen LogP contribution in [0.25, 0.3) is 0 Å². The van der Waals surface area contributed by atoms with Crippen LogP contribution < -0.4 is 68.9 Å². The molecule has 2 aliphatic rings. The number of phosphoric ester groups is 2. The number of rotatable bonds is 30. The van der Waals surface area contributed by atoms with Gasteiger partial charge < -0.3 is 106 Å². The van der Waals surface area contributed by atoms with Crippen molar-refractivity contribution in [2.75, 3.05) is 19.8 Å². The number of nitrogens with one attached hydrogen (secondary N) is 7. The Hall–Kier alpha value is -5.62. The predicted molar refractivity (Wildman–Crippen MR) is 242 cm³/mol. The highest BCUT2D eigenvalue weighted by molar-refractivity contribution is 7.59. The minimum absolute atomic E-state index is 0.0470. The number of aromatic nitrogens is 2. The van der Waals surface area contributed by atoms with Crippen LogP contribution in [0.3, 0.4) is 0 Å². The molecule has 35 nitrogen and oxygen atoms in total. The van der Waals surface area contributed by atoms with E-state index >= 15 is 0 Å². The number of carboxylic acids is 2. The smallest absolute Gasteiger partial charge is 0.330 e. The maximum atomic E-state index is 13.3. The summed E-state index contributed by atoms with van der Waals surface area (Å²) < 4.78 is 56.0. The maximum Gasteiger partial charge on any atom is 0.330 e. The number of quaternary nitrogens is 1. The van der Waals surface area contributed by atoms with E-state index in [-0.39, 0.29) is 6.42 Å². The minimum Gasteiger partial charge on any atom is -0.756 e. The SMILES string of the molecule is CC(=O)N[C@H]1[C@@H](OP(=O)([O-])OP(=O)([O-])OC[C@H]2O[C@@H](n3ccc(=O)[nH]c3=O)[C@H](O)[C@@H]2O)O[C@H](CO)[C@@H](O)[C@@H]1O[C@H](C)C(=O)N[C@@H](C)C(=O)N[C@H](CCC(=O)N[C@@H](CCCC[NH3+])C(=O)N[C@H](C)C(=O)N[C@H](C)C(=O)[O-])C(=O)[O-]. The summed E-state index contributed by atoms with van der Waals surface area (Å²) >= 11 is 0. The van der Waals surface area contributed by atoms with Crippen molar-refractivity contribution < 1.29 is 121 Å². The lowest BCUT2D eigenvalue weighted by Gasteiger charge is -2.46. The molecule has 14 N–H and O–H groups in total. The van der Waals surface area contributed by atoms with Crippen molar-refractivity contribution in [2.45, 2.75) is 158 Å². The van der Waals surface area contributed by atoms with Crippen molar-refractivity contribution >= 4 is 63.0 Å². The Morgan fingerprint density at radius 2 is 1.39 bits per heavy atom. The summed E-state index contributed by atoms with van der Waals surface area (Å²) in [7, 11) is -12.3. The number of unbranched alkanes of at least 4 members (excludes halogenated alkanes) is 1. The third-order valence-electron chi connectivity index (χ3n) is 11.4.